The molecule has 1 unspecified atom stereocenters. The molecule has 1 fully saturated rings. The molecule has 0 radical (unpaired) electrons. The molecule has 0 spiro atoms. The van der Waals surface area contributed by atoms with Crippen LogP contribution in [0, 0.1) is 0 Å². The van der Waals surface area contributed by atoms with Crippen molar-refractivity contribution in [1.29, 1.82) is 0 Å². The van der Waals surface area contributed by atoms with E-state index in [1.54, 1.807) is 12.1 Å². The summed E-state index contributed by atoms with van der Waals surface area (Å²) in [7, 11) is 0. The lowest BCUT2D eigenvalue weighted by Crippen LogP contribution is -2.40. The van der Waals surface area contributed by atoms with Crippen LogP contribution in [-0.4, -0.2) is 33.8 Å². The molecule has 1 aliphatic rings. The van der Waals surface area contributed by atoms with Crippen LogP contribution in [0.1, 0.15) is 29.2 Å². The Hall–Kier alpha value is -2.41. The van der Waals surface area contributed by atoms with Crippen molar-refractivity contribution < 1.29 is 14.6 Å². The van der Waals surface area contributed by atoms with E-state index < -0.39 is 17.1 Å². The Kier molecular flexibility index (Phi) is 3.34. The van der Waals surface area contributed by atoms with Gasteiger partial charge >= 0.3 is 17.1 Å². The normalized spacial score (nSPS) is 18.8. The van der Waals surface area contributed by atoms with Crippen molar-refractivity contribution in [3.63, 3.8) is 0 Å². The summed E-state index contributed by atoms with van der Waals surface area (Å²) in [6, 6.07) is 4.34. The monoisotopic (exact) mass is 290 g/mol. The van der Waals surface area contributed by atoms with Crippen molar-refractivity contribution in [2.75, 3.05) is 13.2 Å². The number of rotatable bonds is 2. The van der Waals surface area contributed by atoms with Crippen LogP contribution >= 0.6 is 0 Å². The third-order valence-corrected chi connectivity index (χ3v) is 3.69. The zero-order valence-corrected chi connectivity index (χ0v) is 11.2. The number of nitrogens with zero attached hydrogens (tertiary/aromatic N) is 1. The van der Waals surface area contributed by atoms with Gasteiger partial charge in [0.1, 0.15) is 0 Å². The Balaban J connectivity index is 2.34. The van der Waals surface area contributed by atoms with E-state index in [-0.39, 0.29) is 17.1 Å². The number of carbonyl (C=O) groups is 1. The van der Waals surface area contributed by atoms with Gasteiger partial charge in [-0.2, -0.15) is 0 Å². The third-order valence-electron chi connectivity index (χ3n) is 3.69. The highest BCUT2D eigenvalue weighted by Gasteiger charge is 2.22. The minimum Gasteiger partial charge on any atom is -0.478 e. The summed E-state index contributed by atoms with van der Waals surface area (Å²) < 4.78 is 6.73. The summed E-state index contributed by atoms with van der Waals surface area (Å²) in [5.74, 6) is -1.15. The van der Waals surface area contributed by atoms with E-state index in [1.165, 1.54) is 10.6 Å². The first kappa shape index (κ1) is 13.6. The van der Waals surface area contributed by atoms with Gasteiger partial charge in [-0.25, -0.2) is 4.79 Å². The largest absolute Gasteiger partial charge is 0.478 e. The Bertz CT molecular complexity index is 814. The molecular formula is C14H14N2O5. The lowest BCUT2D eigenvalue weighted by Gasteiger charge is -2.25. The number of benzene rings is 1. The Morgan fingerprint density at radius 2 is 2.19 bits per heavy atom. The third kappa shape index (κ3) is 2.25. The van der Waals surface area contributed by atoms with Crippen molar-refractivity contribution in [1.82, 2.24) is 9.55 Å². The maximum Gasteiger partial charge on any atom is 0.337 e. The zero-order valence-electron chi connectivity index (χ0n) is 11.2. The summed E-state index contributed by atoms with van der Waals surface area (Å²) in [4.78, 5) is 37.7. The molecule has 2 aromatic rings. The second-order valence-electron chi connectivity index (χ2n) is 5.01. The minimum atomic E-state index is -1.15. The van der Waals surface area contributed by atoms with Crippen molar-refractivity contribution >= 4 is 17.0 Å². The molecule has 0 amide bonds. The fourth-order valence-electron chi connectivity index (χ4n) is 2.73. The molecule has 1 aromatic heterocycles. The van der Waals surface area contributed by atoms with E-state index in [1.807, 2.05) is 0 Å². The standard InChI is InChI=1S/C14H14N2O5/c17-12-13(18)16(8-3-2-6-21-7-8)10-5-1-4-9(14(19)20)11(10)15-12/h1,4-5,8H,2-3,6-7H2,(H,15,17)(H,19,20). The first-order valence-electron chi connectivity index (χ1n) is 6.68. The van der Waals surface area contributed by atoms with Gasteiger partial charge in [-0.3, -0.25) is 14.2 Å². The fraction of sp³-hybridized carbons (Fsp3) is 0.357. The molecular weight excluding hydrogens is 276 g/mol. The topological polar surface area (TPSA) is 101 Å². The van der Waals surface area contributed by atoms with Gasteiger partial charge in [0.25, 0.3) is 0 Å². The van der Waals surface area contributed by atoms with Gasteiger partial charge in [0, 0.05) is 6.61 Å². The van der Waals surface area contributed by atoms with Crippen molar-refractivity contribution in [3.8, 4) is 0 Å². The number of aromatic carboxylic acids is 1. The van der Waals surface area contributed by atoms with Crippen LogP contribution < -0.4 is 11.1 Å². The van der Waals surface area contributed by atoms with Crippen LogP contribution in [0.4, 0.5) is 0 Å². The van der Waals surface area contributed by atoms with E-state index in [4.69, 9.17) is 4.74 Å². The predicted molar refractivity (Wildman–Crippen MR) is 74.9 cm³/mol. The molecule has 1 aliphatic heterocycles. The molecule has 21 heavy (non-hydrogen) atoms. The maximum absolute atomic E-state index is 12.2. The first-order chi connectivity index (χ1) is 10.1. The number of carboxylic acid groups (broad SMARTS) is 1. The van der Waals surface area contributed by atoms with E-state index >= 15 is 0 Å². The highest BCUT2D eigenvalue weighted by molar-refractivity contribution is 6.00. The molecule has 0 saturated carbocycles. The molecule has 1 aromatic carbocycles. The van der Waals surface area contributed by atoms with Crippen molar-refractivity contribution in [2.24, 2.45) is 0 Å². The molecule has 1 saturated heterocycles. The average molecular weight is 290 g/mol. The summed E-state index contributed by atoms with van der Waals surface area (Å²) in [5, 5.41) is 9.21. The number of fused-ring (bicyclic) bond motifs is 1. The van der Waals surface area contributed by atoms with Gasteiger partial charge in [0.15, 0.2) is 0 Å². The minimum absolute atomic E-state index is 0.0323. The molecule has 1 atom stereocenters. The highest BCUT2D eigenvalue weighted by Crippen LogP contribution is 2.22. The van der Waals surface area contributed by atoms with Gasteiger partial charge in [0.05, 0.1) is 29.2 Å². The van der Waals surface area contributed by atoms with Gasteiger partial charge < -0.3 is 14.8 Å². The molecule has 0 bridgehead atoms. The highest BCUT2D eigenvalue weighted by atomic mass is 16.5. The number of para-hydroxylation sites is 1. The summed E-state index contributed by atoms with van der Waals surface area (Å²) >= 11 is 0. The van der Waals surface area contributed by atoms with Gasteiger partial charge in [-0.15, -0.1) is 0 Å². The van der Waals surface area contributed by atoms with E-state index in [9.17, 15) is 19.5 Å². The van der Waals surface area contributed by atoms with E-state index in [0.717, 1.165) is 12.8 Å². The molecule has 2 N–H and O–H groups in total. The number of aromatic amines is 1. The van der Waals surface area contributed by atoms with Gasteiger partial charge in [-0.1, -0.05) is 6.07 Å². The number of ether oxygens (including phenoxy) is 1. The summed E-state index contributed by atoms with van der Waals surface area (Å²) in [5.41, 5.74) is -0.951. The quantitative estimate of drug-likeness (QED) is 0.794. The Labute approximate surface area is 118 Å². The number of nitrogens with one attached hydrogen (secondary N) is 1. The lowest BCUT2D eigenvalue weighted by atomic mass is 10.1. The van der Waals surface area contributed by atoms with Crippen LogP contribution in [0.25, 0.3) is 11.0 Å². The van der Waals surface area contributed by atoms with Gasteiger partial charge in [0.2, 0.25) is 0 Å². The number of carboxylic acids is 1. The van der Waals surface area contributed by atoms with Crippen molar-refractivity contribution in [3.05, 3.63) is 44.5 Å². The molecule has 2 heterocycles. The molecule has 3 rings (SSSR count). The molecule has 0 aliphatic carbocycles. The van der Waals surface area contributed by atoms with Gasteiger partial charge in [-0.05, 0) is 25.0 Å². The molecule has 110 valence electrons. The van der Waals surface area contributed by atoms with Crippen LogP contribution in [0.2, 0.25) is 0 Å². The van der Waals surface area contributed by atoms with Crippen molar-refractivity contribution in [2.45, 2.75) is 18.9 Å². The fourth-order valence-corrected chi connectivity index (χ4v) is 2.73. The van der Waals surface area contributed by atoms with Crippen LogP contribution in [0.15, 0.2) is 27.8 Å². The number of H-pyrrole nitrogens is 1. The summed E-state index contributed by atoms with van der Waals surface area (Å²) in [6.45, 7) is 0.975. The Morgan fingerprint density at radius 3 is 2.86 bits per heavy atom. The number of aromatic nitrogens is 2. The van der Waals surface area contributed by atoms with Crippen LogP contribution in [0.3, 0.4) is 0 Å². The Morgan fingerprint density at radius 1 is 1.38 bits per heavy atom. The smallest absolute Gasteiger partial charge is 0.337 e. The summed E-state index contributed by atoms with van der Waals surface area (Å²) in [6.07, 6.45) is 1.51. The predicted octanol–water partition coefficient (Wildman–Crippen LogP) is 0.739. The second kappa shape index (κ2) is 5.17. The average Bonchev–Trinajstić information content (AvgIpc) is 2.49. The SMILES string of the molecule is O=C(O)c1cccc2c1[nH]c(=O)c(=O)n2C1CCCOC1. The lowest BCUT2D eigenvalue weighted by molar-refractivity contribution is 0.0593. The zero-order chi connectivity index (χ0) is 15.0. The van der Waals surface area contributed by atoms with Crippen LogP contribution in [-0.2, 0) is 4.74 Å². The number of hydrogen-bond donors (Lipinski definition) is 2. The second-order valence-corrected chi connectivity index (χ2v) is 5.01. The first-order valence-corrected chi connectivity index (χ1v) is 6.68. The molecule has 7 nitrogen and oxygen atoms in total. The van der Waals surface area contributed by atoms with E-state index in [0.29, 0.717) is 18.7 Å². The maximum atomic E-state index is 12.2. The molecule has 7 heteroatoms. The van der Waals surface area contributed by atoms with E-state index in [2.05, 4.69) is 4.98 Å². The number of hydrogen-bond acceptors (Lipinski definition) is 4. The van der Waals surface area contributed by atoms with Crippen LogP contribution in [0.5, 0.6) is 0 Å².